The van der Waals surface area contributed by atoms with Gasteiger partial charge in [0.05, 0.1) is 0 Å². The molecule has 2 nitrogen and oxygen atoms in total. The normalized spacial score (nSPS) is 13.4. The second-order valence-corrected chi connectivity index (χ2v) is 12.7. The van der Waals surface area contributed by atoms with Crippen LogP contribution in [-0.4, -0.2) is 10.2 Å². The van der Waals surface area contributed by atoms with Crippen LogP contribution in [0.5, 0.6) is 11.5 Å². The SMILES string of the molecule is CCC(C)(C)c1c(O)ccc(-c2ccc(O)c(C(C)(C)CC)c2C(C)(C)CC)c1C(C)(C)CC. The van der Waals surface area contributed by atoms with Gasteiger partial charge >= 0.3 is 0 Å². The van der Waals surface area contributed by atoms with Gasteiger partial charge in [-0.1, -0.05) is 95.2 Å². The van der Waals surface area contributed by atoms with E-state index in [9.17, 15) is 10.2 Å². The Morgan fingerprint density at radius 2 is 0.676 bits per heavy atom. The van der Waals surface area contributed by atoms with Gasteiger partial charge in [-0.3, -0.25) is 0 Å². The Morgan fingerprint density at radius 1 is 0.441 bits per heavy atom. The predicted octanol–water partition coefficient (Wildman–Crippen LogP) is 9.52. The van der Waals surface area contributed by atoms with Crippen LogP contribution in [-0.2, 0) is 21.7 Å². The summed E-state index contributed by atoms with van der Waals surface area (Å²) in [6.45, 7) is 27.0. The van der Waals surface area contributed by atoms with Crippen molar-refractivity contribution >= 4 is 0 Å². The van der Waals surface area contributed by atoms with E-state index < -0.39 is 0 Å². The van der Waals surface area contributed by atoms with Gasteiger partial charge in [0.1, 0.15) is 11.5 Å². The van der Waals surface area contributed by atoms with E-state index in [0.717, 1.165) is 36.8 Å². The Bertz CT molecular complexity index is 938. The van der Waals surface area contributed by atoms with Gasteiger partial charge in [-0.15, -0.1) is 0 Å². The lowest BCUT2D eigenvalue weighted by atomic mass is 9.65. The van der Waals surface area contributed by atoms with Crippen molar-refractivity contribution in [1.29, 1.82) is 0 Å². The largest absolute Gasteiger partial charge is 0.508 e. The summed E-state index contributed by atoms with van der Waals surface area (Å²) in [5, 5.41) is 22.4. The smallest absolute Gasteiger partial charge is 0.119 e. The molecule has 0 atom stereocenters. The maximum absolute atomic E-state index is 11.2. The van der Waals surface area contributed by atoms with Gasteiger partial charge in [0.2, 0.25) is 0 Å². The molecule has 0 heterocycles. The average Bonchev–Trinajstić information content (AvgIpc) is 2.78. The quantitative estimate of drug-likeness (QED) is 0.386. The molecule has 0 fully saturated rings. The zero-order valence-electron chi connectivity index (χ0n) is 24.0. The zero-order chi connectivity index (χ0) is 26.3. The lowest BCUT2D eigenvalue weighted by molar-refractivity contribution is 0.406. The molecule has 2 aromatic rings. The summed E-state index contributed by atoms with van der Waals surface area (Å²) in [4.78, 5) is 0. The van der Waals surface area contributed by atoms with Crippen LogP contribution in [0, 0.1) is 0 Å². The first-order valence-electron chi connectivity index (χ1n) is 13.3. The molecule has 2 aromatic carbocycles. The highest BCUT2D eigenvalue weighted by Crippen LogP contribution is 2.52. The fourth-order valence-corrected chi connectivity index (χ4v) is 5.12. The van der Waals surface area contributed by atoms with Crippen LogP contribution in [0.2, 0.25) is 0 Å². The Balaban J connectivity index is 3.21. The second kappa shape index (κ2) is 9.59. The Hall–Kier alpha value is -1.96. The summed E-state index contributed by atoms with van der Waals surface area (Å²) in [7, 11) is 0. The first-order valence-corrected chi connectivity index (χ1v) is 13.3. The molecular formula is C32H50O2. The average molecular weight is 467 g/mol. The Morgan fingerprint density at radius 3 is 0.912 bits per heavy atom. The van der Waals surface area contributed by atoms with Crippen molar-refractivity contribution in [3.8, 4) is 22.6 Å². The molecule has 0 aromatic heterocycles. The van der Waals surface area contributed by atoms with Crippen LogP contribution >= 0.6 is 0 Å². The molecule has 0 spiro atoms. The van der Waals surface area contributed by atoms with E-state index in [4.69, 9.17) is 0 Å². The molecule has 0 amide bonds. The van der Waals surface area contributed by atoms with Crippen molar-refractivity contribution in [3.05, 3.63) is 46.5 Å². The fraction of sp³-hybridized carbons (Fsp3) is 0.625. The van der Waals surface area contributed by atoms with E-state index in [1.165, 1.54) is 22.3 Å². The molecule has 2 heteroatoms. The third-order valence-electron chi connectivity index (χ3n) is 8.90. The van der Waals surface area contributed by atoms with E-state index in [0.29, 0.717) is 11.5 Å². The molecule has 0 saturated heterocycles. The van der Waals surface area contributed by atoms with Gasteiger partial charge in [-0.25, -0.2) is 0 Å². The first-order chi connectivity index (χ1) is 15.5. The maximum atomic E-state index is 11.2. The lowest BCUT2D eigenvalue weighted by Gasteiger charge is -2.39. The van der Waals surface area contributed by atoms with Gasteiger partial charge in [-0.2, -0.15) is 0 Å². The highest BCUT2D eigenvalue weighted by Gasteiger charge is 2.38. The van der Waals surface area contributed by atoms with Crippen LogP contribution in [0.3, 0.4) is 0 Å². The summed E-state index contributed by atoms with van der Waals surface area (Å²) < 4.78 is 0. The van der Waals surface area contributed by atoms with Gasteiger partial charge < -0.3 is 10.2 Å². The minimum atomic E-state index is -0.162. The van der Waals surface area contributed by atoms with Crippen molar-refractivity contribution in [2.75, 3.05) is 0 Å². The molecule has 190 valence electrons. The number of hydrogen-bond acceptors (Lipinski definition) is 2. The van der Waals surface area contributed by atoms with Gasteiger partial charge in [0.15, 0.2) is 0 Å². The van der Waals surface area contributed by atoms with Crippen molar-refractivity contribution in [2.24, 2.45) is 0 Å². The topological polar surface area (TPSA) is 40.5 Å². The van der Waals surface area contributed by atoms with Gasteiger partial charge in [0, 0.05) is 11.1 Å². The molecule has 2 N–H and O–H groups in total. The van der Waals surface area contributed by atoms with Crippen molar-refractivity contribution in [1.82, 2.24) is 0 Å². The third kappa shape index (κ3) is 4.88. The van der Waals surface area contributed by atoms with E-state index >= 15 is 0 Å². The molecule has 0 unspecified atom stereocenters. The van der Waals surface area contributed by atoms with Crippen LogP contribution in [0.15, 0.2) is 24.3 Å². The lowest BCUT2D eigenvalue weighted by Crippen LogP contribution is -2.29. The monoisotopic (exact) mass is 466 g/mol. The maximum Gasteiger partial charge on any atom is 0.119 e. The molecule has 0 aliphatic heterocycles. The fourth-order valence-electron chi connectivity index (χ4n) is 5.12. The van der Waals surface area contributed by atoms with Crippen LogP contribution < -0.4 is 0 Å². The van der Waals surface area contributed by atoms with Crippen molar-refractivity contribution < 1.29 is 10.2 Å². The number of benzene rings is 2. The number of hydrogen-bond donors (Lipinski definition) is 2. The minimum absolute atomic E-state index is 0.123. The van der Waals surface area contributed by atoms with Crippen molar-refractivity contribution in [3.63, 3.8) is 0 Å². The highest BCUT2D eigenvalue weighted by molar-refractivity contribution is 5.79. The molecule has 0 aliphatic carbocycles. The summed E-state index contributed by atoms with van der Waals surface area (Å²) in [5.41, 5.74) is 6.39. The molecule has 0 radical (unpaired) electrons. The summed E-state index contributed by atoms with van der Waals surface area (Å²) in [6.07, 6.45) is 3.81. The van der Waals surface area contributed by atoms with Crippen LogP contribution in [0.25, 0.3) is 11.1 Å². The van der Waals surface area contributed by atoms with E-state index in [1.807, 2.05) is 12.1 Å². The number of aromatic hydroxyl groups is 2. The molecule has 0 saturated carbocycles. The van der Waals surface area contributed by atoms with E-state index in [1.54, 1.807) is 0 Å². The number of phenolic OH excluding ortho intramolecular Hbond substituents is 2. The van der Waals surface area contributed by atoms with Gasteiger partial charge in [-0.05, 0) is 81.7 Å². The molecule has 0 bridgehead atoms. The summed E-state index contributed by atoms with van der Waals surface area (Å²) in [5.74, 6) is 0.771. The van der Waals surface area contributed by atoms with E-state index in [-0.39, 0.29) is 21.7 Å². The molecule has 2 rings (SSSR count). The predicted molar refractivity (Wildman–Crippen MR) is 148 cm³/mol. The first kappa shape index (κ1) is 28.3. The third-order valence-corrected chi connectivity index (χ3v) is 8.90. The second-order valence-electron chi connectivity index (χ2n) is 12.7. The van der Waals surface area contributed by atoms with Crippen molar-refractivity contribution in [2.45, 2.75) is 130 Å². The minimum Gasteiger partial charge on any atom is -0.508 e. The Labute approximate surface area is 209 Å². The molecule has 34 heavy (non-hydrogen) atoms. The Kier molecular flexibility index (Phi) is 7.98. The standard InChI is InChI=1S/C32H50O2/c1-13-29(5,6)25-21(17-19-23(33)27(25)31(9,10)15-3)22-18-20-24(34)28(32(11,12)16-4)26(22)30(7,8)14-2/h17-20,33-34H,13-16H2,1-12H3. The zero-order valence-corrected chi connectivity index (χ0v) is 24.0. The van der Waals surface area contributed by atoms with Gasteiger partial charge in [0.25, 0.3) is 0 Å². The van der Waals surface area contributed by atoms with E-state index in [2.05, 4.69) is 95.2 Å². The van der Waals surface area contributed by atoms with Crippen LogP contribution in [0.4, 0.5) is 0 Å². The number of rotatable bonds is 9. The molecular weight excluding hydrogens is 416 g/mol. The summed E-state index contributed by atoms with van der Waals surface area (Å²) in [6, 6.07) is 8.00. The van der Waals surface area contributed by atoms with Crippen LogP contribution in [0.1, 0.15) is 131 Å². The summed E-state index contributed by atoms with van der Waals surface area (Å²) >= 11 is 0. The number of phenols is 2. The molecule has 0 aliphatic rings. The highest BCUT2D eigenvalue weighted by atomic mass is 16.3.